The summed E-state index contributed by atoms with van der Waals surface area (Å²) >= 11 is 0. The molecule has 78 valence electrons. The van der Waals surface area contributed by atoms with E-state index in [4.69, 9.17) is 0 Å². The molecule has 0 aromatic carbocycles. The van der Waals surface area contributed by atoms with Gasteiger partial charge < -0.3 is 0 Å². The molecule has 0 aromatic rings. The lowest BCUT2D eigenvalue weighted by Gasteiger charge is -2.34. The van der Waals surface area contributed by atoms with E-state index >= 15 is 0 Å². The fourth-order valence-electron chi connectivity index (χ4n) is 3.07. The van der Waals surface area contributed by atoms with Gasteiger partial charge in [-0.25, -0.2) is 0 Å². The second-order valence-electron chi connectivity index (χ2n) is 5.69. The highest BCUT2D eigenvalue weighted by Crippen LogP contribution is 2.48. The molecule has 1 rings (SSSR count). The summed E-state index contributed by atoms with van der Waals surface area (Å²) in [4.78, 5) is 0. The Morgan fingerprint density at radius 1 is 1.15 bits per heavy atom. The molecule has 0 radical (unpaired) electrons. The molecule has 0 spiro atoms. The SMILES string of the molecule is CCC1CC(C)CC1C(C)(C)CC. The van der Waals surface area contributed by atoms with Crippen LogP contribution in [0.25, 0.3) is 0 Å². The monoisotopic (exact) mass is 182 g/mol. The molecule has 0 N–H and O–H groups in total. The van der Waals surface area contributed by atoms with Crippen molar-refractivity contribution in [2.24, 2.45) is 23.2 Å². The molecule has 3 unspecified atom stereocenters. The largest absolute Gasteiger partial charge is 0.0651 e. The van der Waals surface area contributed by atoms with Crippen LogP contribution in [0.5, 0.6) is 0 Å². The molecule has 0 aliphatic heterocycles. The number of rotatable bonds is 3. The predicted octanol–water partition coefficient (Wildman–Crippen LogP) is 4.49. The van der Waals surface area contributed by atoms with Gasteiger partial charge in [-0.05, 0) is 36.0 Å². The van der Waals surface area contributed by atoms with Crippen molar-refractivity contribution in [2.75, 3.05) is 0 Å². The second kappa shape index (κ2) is 4.02. The van der Waals surface area contributed by atoms with Crippen molar-refractivity contribution in [3.63, 3.8) is 0 Å². The first kappa shape index (κ1) is 11.1. The van der Waals surface area contributed by atoms with E-state index in [1.165, 1.54) is 25.7 Å². The predicted molar refractivity (Wildman–Crippen MR) is 59.7 cm³/mol. The molecule has 0 heteroatoms. The molecule has 0 aromatic heterocycles. The maximum absolute atomic E-state index is 2.46. The molecule has 1 aliphatic carbocycles. The fourth-order valence-corrected chi connectivity index (χ4v) is 3.07. The van der Waals surface area contributed by atoms with Gasteiger partial charge >= 0.3 is 0 Å². The Balaban J connectivity index is 2.67. The Kier molecular flexibility index (Phi) is 3.43. The minimum Gasteiger partial charge on any atom is -0.0651 e. The Morgan fingerprint density at radius 2 is 1.77 bits per heavy atom. The highest BCUT2D eigenvalue weighted by atomic mass is 14.4. The van der Waals surface area contributed by atoms with Crippen molar-refractivity contribution in [2.45, 2.75) is 60.3 Å². The van der Waals surface area contributed by atoms with Gasteiger partial charge in [-0.3, -0.25) is 0 Å². The molecule has 3 atom stereocenters. The first-order chi connectivity index (χ1) is 6.01. The van der Waals surface area contributed by atoms with Crippen molar-refractivity contribution < 1.29 is 0 Å². The van der Waals surface area contributed by atoms with Crippen molar-refractivity contribution >= 4 is 0 Å². The molecular weight excluding hydrogens is 156 g/mol. The van der Waals surface area contributed by atoms with Gasteiger partial charge in [-0.15, -0.1) is 0 Å². The summed E-state index contributed by atoms with van der Waals surface area (Å²) in [7, 11) is 0. The van der Waals surface area contributed by atoms with E-state index in [1.807, 2.05) is 0 Å². The summed E-state index contributed by atoms with van der Waals surface area (Å²) in [6.07, 6.45) is 5.67. The van der Waals surface area contributed by atoms with Crippen LogP contribution in [0.3, 0.4) is 0 Å². The van der Waals surface area contributed by atoms with Crippen LogP contribution in [0.4, 0.5) is 0 Å². The van der Waals surface area contributed by atoms with Crippen LogP contribution in [0.15, 0.2) is 0 Å². The molecule has 0 nitrogen and oxygen atoms in total. The van der Waals surface area contributed by atoms with Crippen molar-refractivity contribution in [3.8, 4) is 0 Å². The maximum Gasteiger partial charge on any atom is -0.0326 e. The molecule has 1 fully saturated rings. The zero-order chi connectivity index (χ0) is 10.1. The first-order valence-electron chi connectivity index (χ1n) is 6.01. The van der Waals surface area contributed by atoms with Gasteiger partial charge in [0.15, 0.2) is 0 Å². The normalized spacial score (nSPS) is 35.3. The van der Waals surface area contributed by atoms with Crippen LogP contribution in [0, 0.1) is 23.2 Å². The standard InChI is InChI=1S/C13H26/c1-6-11-8-10(3)9-12(11)13(4,5)7-2/h10-12H,6-9H2,1-5H3. The van der Waals surface area contributed by atoms with E-state index in [-0.39, 0.29) is 0 Å². The quantitative estimate of drug-likeness (QED) is 0.603. The topological polar surface area (TPSA) is 0 Å². The van der Waals surface area contributed by atoms with Crippen molar-refractivity contribution in [3.05, 3.63) is 0 Å². The fraction of sp³-hybridized carbons (Fsp3) is 1.00. The van der Waals surface area contributed by atoms with E-state index in [2.05, 4.69) is 34.6 Å². The second-order valence-corrected chi connectivity index (χ2v) is 5.69. The van der Waals surface area contributed by atoms with Crippen LogP contribution in [0.2, 0.25) is 0 Å². The maximum atomic E-state index is 2.46. The van der Waals surface area contributed by atoms with E-state index in [0.29, 0.717) is 5.41 Å². The van der Waals surface area contributed by atoms with Crippen LogP contribution in [-0.4, -0.2) is 0 Å². The molecule has 0 bridgehead atoms. The third kappa shape index (κ3) is 2.27. The zero-order valence-electron chi connectivity index (χ0n) is 10.1. The van der Waals surface area contributed by atoms with E-state index < -0.39 is 0 Å². The van der Waals surface area contributed by atoms with Crippen molar-refractivity contribution in [1.82, 2.24) is 0 Å². The van der Waals surface area contributed by atoms with Gasteiger partial charge in [0, 0.05) is 0 Å². The van der Waals surface area contributed by atoms with Gasteiger partial charge in [0.1, 0.15) is 0 Å². The summed E-state index contributed by atoms with van der Waals surface area (Å²) in [6.45, 7) is 12.0. The third-order valence-corrected chi connectivity index (χ3v) is 4.37. The van der Waals surface area contributed by atoms with Crippen LogP contribution >= 0.6 is 0 Å². The van der Waals surface area contributed by atoms with E-state index in [0.717, 1.165) is 17.8 Å². The highest BCUT2D eigenvalue weighted by molar-refractivity contribution is 4.89. The lowest BCUT2D eigenvalue weighted by Crippen LogP contribution is -2.26. The zero-order valence-corrected chi connectivity index (χ0v) is 10.1. The molecule has 13 heavy (non-hydrogen) atoms. The Morgan fingerprint density at radius 3 is 2.23 bits per heavy atom. The van der Waals surface area contributed by atoms with Crippen molar-refractivity contribution in [1.29, 1.82) is 0 Å². The average molecular weight is 182 g/mol. The van der Waals surface area contributed by atoms with Crippen LogP contribution in [-0.2, 0) is 0 Å². The molecule has 0 amide bonds. The number of hydrogen-bond donors (Lipinski definition) is 0. The minimum absolute atomic E-state index is 0.575. The summed E-state index contributed by atoms with van der Waals surface area (Å²) in [6, 6.07) is 0. The molecular formula is C13H26. The van der Waals surface area contributed by atoms with Gasteiger partial charge in [-0.2, -0.15) is 0 Å². The summed E-state index contributed by atoms with van der Waals surface area (Å²) in [5, 5.41) is 0. The van der Waals surface area contributed by atoms with E-state index in [9.17, 15) is 0 Å². The minimum atomic E-state index is 0.575. The van der Waals surface area contributed by atoms with Gasteiger partial charge in [0.05, 0.1) is 0 Å². The lowest BCUT2D eigenvalue weighted by molar-refractivity contribution is 0.152. The van der Waals surface area contributed by atoms with Gasteiger partial charge in [0.2, 0.25) is 0 Å². The third-order valence-electron chi connectivity index (χ3n) is 4.37. The van der Waals surface area contributed by atoms with Gasteiger partial charge in [-0.1, -0.05) is 47.5 Å². The van der Waals surface area contributed by atoms with Crippen LogP contribution in [0.1, 0.15) is 60.3 Å². The Hall–Kier alpha value is 0. The lowest BCUT2D eigenvalue weighted by atomic mass is 9.71. The summed E-state index contributed by atoms with van der Waals surface area (Å²) in [5.41, 5.74) is 0.575. The number of hydrogen-bond acceptors (Lipinski definition) is 0. The molecule has 0 saturated heterocycles. The Bertz CT molecular complexity index is 157. The smallest absolute Gasteiger partial charge is 0.0326 e. The Labute approximate surface area is 84.1 Å². The molecule has 1 saturated carbocycles. The van der Waals surface area contributed by atoms with Gasteiger partial charge in [0.25, 0.3) is 0 Å². The highest BCUT2D eigenvalue weighted by Gasteiger charge is 2.39. The van der Waals surface area contributed by atoms with Crippen LogP contribution < -0.4 is 0 Å². The first-order valence-corrected chi connectivity index (χ1v) is 6.01. The average Bonchev–Trinajstić information content (AvgIpc) is 2.47. The summed E-state index contributed by atoms with van der Waals surface area (Å²) < 4.78 is 0. The molecule has 1 aliphatic rings. The van der Waals surface area contributed by atoms with E-state index in [1.54, 1.807) is 0 Å². The molecule has 0 heterocycles. The summed E-state index contributed by atoms with van der Waals surface area (Å²) in [5.74, 6) is 2.96.